The van der Waals surface area contributed by atoms with Gasteiger partial charge in [0.05, 0.1) is 0 Å². The Morgan fingerprint density at radius 2 is 1.19 bits per heavy atom. The minimum atomic E-state index is -1.39. The summed E-state index contributed by atoms with van der Waals surface area (Å²) >= 11 is 0. The van der Waals surface area contributed by atoms with Gasteiger partial charge in [-0.2, -0.15) is 0 Å². The van der Waals surface area contributed by atoms with Crippen LogP contribution in [-0.2, 0) is 27.2 Å². The Hall–Kier alpha value is -3.35. The average Bonchev–Trinajstić information content (AvgIpc) is 2.72. The van der Waals surface area contributed by atoms with Crippen LogP contribution in [-0.4, -0.2) is 42.6 Å². The lowest BCUT2D eigenvalue weighted by Crippen LogP contribution is -2.56. The van der Waals surface area contributed by atoms with Gasteiger partial charge in [-0.05, 0) is 44.7 Å². The molecule has 0 unspecified atom stereocenters. The van der Waals surface area contributed by atoms with E-state index in [0.717, 1.165) is 11.1 Å². The number of benzene rings is 2. The van der Waals surface area contributed by atoms with Crippen LogP contribution in [0.15, 0.2) is 60.7 Å². The van der Waals surface area contributed by atoms with Crippen LogP contribution in [0, 0.1) is 0 Å². The SMILES string of the molecule is CC(C)(C)OC(=O)NC(C(=O)NCCc1ccccc1)C(=O)NCCc1ccccc1. The lowest BCUT2D eigenvalue weighted by Gasteiger charge is -2.23. The Labute approximate surface area is 183 Å². The number of alkyl carbamates (subject to hydrolysis) is 1. The topological polar surface area (TPSA) is 96.5 Å². The van der Waals surface area contributed by atoms with Gasteiger partial charge < -0.3 is 20.7 Å². The van der Waals surface area contributed by atoms with Crippen LogP contribution in [0.3, 0.4) is 0 Å². The lowest BCUT2D eigenvalue weighted by molar-refractivity contribution is -0.132. The minimum Gasteiger partial charge on any atom is -0.444 e. The van der Waals surface area contributed by atoms with Crippen molar-refractivity contribution < 1.29 is 19.1 Å². The molecule has 166 valence electrons. The highest BCUT2D eigenvalue weighted by Crippen LogP contribution is 2.07. The van der Waals surface area contributed by atoms with Gasteiger partial charge in [0.25, 0.3) is 11.8 Å². The second kappa shape index (κ2) is 11.7. The number of amides is 3. The van der Waals surface area contributed by atoms with Gasteiger partial charge >= 0.3 is 6.09 Å². The fourth-order valence-corrected chi connectivity index (χ4v) is 2.83. The molecule has 0 aliphatic carbocycles. The summed E-state index contributed by atoms with van der Waals surface area (Å²) in [5.41, 5.74) is 1.38. The van der Waals surface area contributed by atoms with E-state index in [9.17, 15) is 14.4 Å². The Bertz CT molecular complexity index is 791. The summed E-state index contributed by atoms with van der Waals surface area (Å²) in [4.78, 5) is 37.5. The molecular formula is C24H31N3O4. The highest BCUT2D eigenvalue weighted by molar-refractivity contribution is 6.06. The van der Waals surface area contributed by atoms with Crippen LogP contribution >= 0.6 is 0 Å². The third-order valence-electron chi connectivity index (χ3n) is 4.30. The van der Waals surface area contributed by atoms with Gasteiger partial charge in [-0.25, -0.2) is 4.79 Å². The highest BCUT2D eigenvalue weighted by Gasteiger charge is 2.30. The zero-order chi connectivity index (χ0) is 22.7. The van der Waals surface area contributed by atoms with Crippen LogP contribution in [0.5, 0.6) is 0 Å². The van der Waals surface area contributed by atoms with Gasteiger partial charge in [0.2, 0.25) is 0 Å². The zero-order valence-corrected chi connectivity index (χ0v) is 18.3. The van der Waals surface area contributed by atoms with E-state index in [1.807, 2.05) is 60.7 Å². The van der Waals surface area contributed by atoms with Crippen molar-refractivity contribution in [1.82, 2.24) is 16.0 Å². The molecule has 7 nitrogen and oxygen atoms in total. The number of hydrogen-bond donors (Lipinski definition) is 3. The summed E-state index contributed by atoms with van der Waals surface area (Å²) in [6, 6.07) is 18.0. The van der Waals surface area contributed by atoms with Crippen molar-refractivity contribution in [2.24, 2.45) is 0 Å². The number of hydrogen-bond acceptors (Lipinski definition) is 4. The molecule has 2 aromatic carbocycles. The molecule has 0 aromatic heterocycles. The van der Waals surface area contributed by atoms with Crippen molar-refractivity contribution >= 4 is 17.9 Å². The van der Waals surface area contributed by atoms with Gasteiger partial charge in [-0.15, -0.1) is 0 Å². The number of ether oxygens (including phenoxy) is 1. The molecule has 0 fully saturated rings. The predicted molar refractivity (Wildman–Crippen MR) is 119 cm³/mol. The first-order valence-electron chi connectivity index (χ1n) is 10.4. The van der Waals surface area contributed by atoms with Crippen molar-refractivity contribution in [2.45, 2.75) is 45.3 Å². The van der Waals surface area contributed by atoms with Crippen LogP contribution in [0.4, 0.5) is 4.79 Å². The van der Waals surface area contributed by atoms with E-state index in [1.54, 1.807) is 20.8 Å². The summed E-state index contributed by atoms with van der Waals surface area (Å²) in [6.07, 6.45) is 0.400. The average molecular weight is 426 g/mol. The van der Waals surface area contributed by atoms with E-state index in [-0.39, 0.29) is 0 Å². The summed E-state index contributed by atoms with van der Waals surface area (Å²) in [5, 5.41) is 7.82. The maximum atomic E-state index is 12.7. The first-order valence-corrected chi connectivity index (χ1v) is 10.4. The van der Waals surface area contributed by atoms with E-state index in [0.29, 0.717) is 25.9 Å². The highest BCUT2D eigenvalue weighted by atomic mass is 16.6. The maximum Gasteiger partial charge on any atom is 0.408 e. The first-order chi connectivity index (χ1) is 14.7. The molecule has 0 saturated carbocycles. The fraction of sp³-hybridized carbons (Fsp3) is 0.375. The largest absolute Gasteiger partial charge is 0.444 e. The Kier molecular flexibility index (Phi) is 9.06. The third-order valence-corrected chi connectivity index (χ3v) is 4.30. The molecule has 0 aliphatic rings. The molecule has 0 bridgehead atoms. The molecule has 0 radical (unpaired) electrons. The van der Waals surface area contributed by atoms with E-state index in [2.05, 4.69) is 16.0 Å². The molecule has 0 atom stereocenters. The Balaban J connectivity index is 1.94. The molecule has 7 heteroatoms. The van der Waals surface area contributed by atoms with Crippen molar-refractivity contribution in [2.75, 3.05) is 13.1 Å². The Morgan fingerprint density at radius 3 is 1.58 bits per heavy atom. The molecule has 3 N–H and O–H groups in total. The zero-order valence-electron chi connectivity index (χ0n) is 18.3. The van der Waals surface area contributed by atoms with Crippen LogP contribution in [0.2, 0.25) is 0 Å². The number of carbonyl (C=O) groups excluding carboxylic acids is 3. The fourth-order valence-electron chi connectivity index (χ4n) is 2.83. The normalized spacial score (nSPS) is 11.0. The van der Waals surface area contributed by atoms with E-state index >= 15 is 0 Å². The van der Waals surface area contributed by atoms with E-state index < -0.39 is 29.6 Å². The minimum absolute atomic E-state index is 0.340. The van der Waals surface area contributed by atoms with Gasteiger partial charge in [0.15, 0.2) is 6.04 Å². The standard InChI is InChI=1S/C24H31N3O4/c1-24(2,3)31-23(30)27-20(21(28)25-16-14-18-10-6-4-7-11-18)22(29)26-17-15-19-12-8-5-9-13-19/h4-13,20H,14-17H2,1-3H3,(H,25,28)(H,26,29)(H,27,30). The smallest absolute Gasteiger partial charge is 0.408 e. The molecule has 0 aliphatic heterocycles. The van der Waals surface area contributed by atoms with Gasteiger partial charge in [0, 0.05) is 13.1 Å². The number of rotatable bonds is 9. The summed E-state index contributed by atoms with van der Waals surface area (Å²) in [5.74, 6) is -1.17. The van der Waals surface area contributed by atoms with E-state index in [4.69, 9.17) is 4.74 Å². The van der Waals surface area contributed by atoms with Crippen LogP contribution < -0.4 is 16.0 Å². The monoisotopic (exact) mass is 425 g/mol. The second-order valence-corrected chi connectivity index (χ2v) is 8.13. The van der Waals surface area contributed by atoms with Crippen molar-refractivity contribution in [3.05, 3.63) is 71.8 Å². The molecule has 0 heterocycles. The van der Waals surface area contributed by atoms with Gasteiger partial charge in [-0.1, -0.05) is 60.7 Å². The second-order valence-electron chi connectivity index (χ2n) is 8.13. The molecule has 0 spiro atoms. The van der Waals surface area contributed by atoms with E-state index in [1.165, 1.54) is 0 Å². The molecule has 2 rings (SSSR count). The lowest BCUT2D eigenvalue weighted by atomic mass is 10.1. The quantitative estimate of drug-likeness (QED) is 0.538. The summed E-state index contributed by atoms with van der Waals surface area (Å²) < 4.78 is 5.21. The predicted octanol–water partition coefficient (Wildman–Crippen LogP) is 2.60. The number of carbonyl (C=O) groups is 3. The van der Waals surface area contributed by atoms with Crippen molar-refractivity contribution in [3.8, 4) is 0 Å². The number of nitrogens with one attached hydrogen (secondary N) is 3. The molecular weight excluding hydrogens is 394 g/mol. The summed E-state index contributed by atoms with van der Waals surface area (Å²) in [6.45, 7) is 5.81. The van der Waals surface area contributed by atoms with Gasteiger partial charge in [-0.3, -0.25) is 9.59 Å². The maximum absolute atomic E-state index is 12.7. The van der Waals surface area contributed by atoms with Crippen LogP contribution in [0.25, 0.3) is 0 Å². The van der Waals surface area contributed by atoms with Crippen LogP contribution in [0.1, 0.15) is 31.9 Å². The van der Waals surface area contributed by atoms with Gasteiger partial charge in [0.1, 0.15) is 5.60 Å². The molecule has 0 saturated heterocycles. The first kappa shape index (κ1) is 23.9. The Morgan fingerprint density at radius 1 is 0.774 bits per heavy atom. The third kappa shape index (κ3) is 9.33. The van der Waals surface area contributed by atoms with Crippen molar-refractivity contribution in [1.29, 1.82) is 0 Å². The van der Waals surface area contributed by atoms with Crippen molar-refractivity contribution in [3.63, 3.8) is 0 Å². The molecule has 2 aromatic rings. The summed E-state index contributed by atoms with van der Waals surface area (Å²) in [7, 11) is 0. The molecule has 3 amide bonds. The molecule has 31 heavy (non-hydrogen) atoms.